The maximum atomic E-state index is 13.0. The third kappa shape index (κ3) is 3.82. The molecule has 28 heavy (non-hydrogen) atoms. The summed E-state index contributed by atoms with van der Waals surface area (Å²) in [4.78, 5) is 38.6. The summed E-state index contributed by atoms with van der Waals surface area (Å²) in [6.07, 6.45) is 6.62. The van der Waals surface area contributed by atoms with E-state index >= 15 is 0 Å². The molecule has 0 spiro atoms. The number of aryl methyl sites for hydroxylation is 1. The van der Waals surface area contributed by atoms with E-state index in [0.717, 1.165) is 14.9 Å². The second-order valence-corrected chi connectivity index (χ2v) is 6.83. The molecule has 0 radical (unpaired) electrons. The Morgan fingerprint density at radius 1 is 1.21 bits per heavy atom. The van der Waals surface area contributed by atoms with Gasteiger partial charge in [0.05, 0.1) is 5.69 Å². The molecule has 2 aromatic carbocycles. The van der Waals surface area contributed by atoms with E-state index in [-0.39, 0.29) is 12.2 Å². The number of para-hydroxylation sites is 1. The number of amides is 4. The van der Waals surface area contributed by atoms with Gasteiger partial charge in [-0.1, -0.05) is 40.0 Å². The molecule has 3 rings (SSSR count). The molecule has 6 nitrogen and oxygen atoms in total. The summed E-state index contributed by atoms with van der Waals surface area (Å²) in [6.45, 7) is 1.81. The zero-order valence-electron chi connectivity index (χ0n) is 14.9. The van der Waals surface area contributed by atoms with Gasteiger partial charge in [-0.2, -0.15) is 0 Å². The lowest BCUT2D eigenvalue weighted by Gasteiger charge is -2.27. The van der Waals surface area contributed by atoms with Gasteiger partial charge in [0.15, 0.2) is 0 Å². The number of urea groups is 1. The zero-order valence-corrected chi connectivity index (χ0v) is 16.4. The van der Waals surface area contributed by atoms with Crippen molar-refractivity contribution >= 4 is 45.5 Å². The monoisotopic (exact) mass is 438 g/mol. The molecule has 1 N–H and O–H groups in total. The highest BCUT2D eigenvalue weighted by Gasteiger charge is 2.37. The number of carbonyl (C=O) groups excluding carboxylic acids is 3. The molecular formula is C21H15BrN2O4. The van der Waals surface area contributed by atoms with E-state index in [1.807, 2.05) is 0 Å². The summed E-state index contributed by atoms with van der Waals surface area (Å²) in [5.74, 6) is 1.28. The fourth-order valence-corrected chi connectivity index (χ4v) is 3.11. The predicted molar refractivity (Wildman–Crippen MR) is 109 cm³/mol. The van der Waals surface area contributed by atoms with Gasteiger partial charge in [-0.05, 0) is 42.8 Å². The minimum absolute atomic E-state index is 0.0335. The third-order valence-corrected chi connectivity index (χ3v) is 4.53. The van der Waals surface area contributed by atoms with Crippen molar-refractivity contribution in [3.8, 4) is 18.1 Å². The van der Waals surface area contributed by atoms with Gasteiger partial charge < -0.3 is 4.74 Å². The average molecular weight is 439 g/mol. The highest BCUT2D eigenvalue weighted by molar-refractivity contribution is 9.10. The van der Waals surface area contributed by atoms with Gasteiger partial charge in [0.1, 0.15) is 17.9 Å². The number of anilines is 1. The van der Waals surface area contributed by atoms with Crippen LogP contribution in [-0.2, 0) is 9.59 Å². The number of imide groups is 2. The van der Waals surface area contributed by atoms with Crippen LogP contribution in [0.4, 0.5) is 10.5 Å². The second kappa shape index (κ2) is 8.11. The van der Waals surface area contributed by atoms with E-state index in [0.29, 0.717) is 17.0 Å². The minimum Gasteiger partial charge on any atom is -0.480 e. The number of nitrogens with one attached hydrogen (secondary N) is 1. The number of barbiturate groups is 1. The van der Waals surface area contributed by atoms with Crippen LogP contribution in [0.1, 0.15) is 11.1 Å². The van der Waals surface area contributed by atoms with Crippen molar-refractivity contribution in [3.63, 3.8) is 0 Å². The largest absolute Gasteiger partial charge is 0.480 e. The molecule has 4 amide bonds. The van der Waals surface area contributed by atoms with Crippen molar-refractivity contribution in [3.05, 3.63) is 63.6 Å². The lowest BCUT2D eigenvalue weighted by Crippen LogP contribution is -2.54. The quantitative estimate of drug-likeness (QED) is 0.450. The Bertz CT molecular complexity index is 1050. The zero-order chi connectivity index (χ0) is 20.3. The topological polar surface area (TPSA) is 75.7 Å². The first-order valence-corrected chi connectivity index (χ1v) is 9.04. The SMILES string of the molecule is C#CCOc1ccc(Br)cc1/C=C1\C(=O)NC(=O)N(c2ccccc2C)C1=O. The third-order valence-electron chi connectivity index (χ3n) is 4.04. The van der Waals surface area contributed by atoms with Crippen molar-refractivity contribution < 1.29 is 19.1 Å². The van der Waals surface area contributed by atoms with Crippen molar-refractivity contribution in [2.45, 2.75) is 6.92 Å². The summed E-state index contributed by atoms with van der Waals surface area (Å²) in [6, 6.07) is 11.2. The Balaban J connectivity index is 2.07. The van der Waals surface area contributed by atoms with Gasteiger partial charge >= 0.3 is 6.03 Å². The van der Waals surface area contributed by atoms with E-state index < -0.39 is 17.8 Å². The number of halogens is 1. The second-order valence-electron chi connectivity index (χ2n) is 5.92. The van der Waals surface area contributed by atoms with Crippen LogP contribution in [0.25, 0.3) is 6.08 Å². The van der Waals surface area contributed by atoms with Gasteiger partial charge in [0, 0.05) is 10.0 Å². The molecule has 0 saturated carbocycles. The van der Waals surface area contributed by atoms with Crippen LogP contribution in [-0.4, -0.2) is 24.5 Å². The molecule has 0 atom stereocenters. The highest BCUT2D eigenvalue weighted by Crippen LogP contribution is 2.29. The molecule has 0 aliphatic carbocycles. The molecule has 0 aromatic heterocycles. The first-order chi connectivity index (χ1) is 13.4. The standard InChI is InChI=1S/C21H15BrN2O4/c1-3-10-28-18-9-8-15(22)11-14(18)12-16-19(25)23-21(27)24(20(16)26)17-7-5-4-6-13(17)2/h1,4-9,11-12H,10H2,2H3,(H,23,25,27)/b16-12+. The fraction of sp³-hybridized carbons (Fsp3) is 0.0952. The Morgan fingerprint density at radius 2 is 1.96 bits per heavy atom. The summed E-state index contributed by atoms with van der Waals surface area (Å²) in [5.41, 5.74) is 1.41. The van der Waals surface area contributed by atoms with Crippen LogP contribution in [0.3, 0.4) is 0 Å². The van der Waals surface area contributed by atoms with Crippen LogP contribution < -0.4 is 15.0 Å². The predicted octanol–water partition coefficient (Wildman–Crippen LogP) is 3.44. The van der Waals surface area contributed by atoms with E-state index in [9.17, 15) is 14.4 Å². The number of nitrogens with zero attached hydrogens (tertiary/aromatic N) is 1. The molecule has 0 bridgehead atoms. The number of rotatable bonds is 4. The van der Waals surface area contributed by atoms with Gasteiger partial charge in [0.2, 0.25) is 0 Å². The Hall–Kier alpha value is -3.37. The van der Waals surface area contributed by atoms with E-state index in [4.69, 9.17) is 11.2 Å². The molecular weight excluding hydrogens is 424 g/mol. The average Bonchev–Trinajstić information content (AvgIpc) is 2.66. The number of carbonyl (C=O) groups is 3. The first-order valence-electron chi connectivity index (χ1n) is 8.25. The molecule has 7 heteroatoms. The van der Waals surface area contributed by atoms with Crippen LogP contribution in [0.2, 0.25) is 0 Å². The van der Waals surface area contributed by atoms with Crippen molar-refractivity contribution in [2.75, 3.05) is 11.5 Å². The molecule has 1 aliphatic rings. The molecule has 1 aliphatic heterocycles. The fourth-order valence-electron chi connectivity index (χ4n) is 2.73. The number of ether oxygens (including phenoxy) is 1. The van der Waals surface area contributed by atoms with Gasteiger partial charge in [-0.3, -0.25) is 14.9 Å². The van der Waals surface area contributed by atoms with Crippen LogP contribution in [0, 0.1) is 19.3 Å². The molecule has 1 heterocycles. The van der Waals surface area contributed by atoms with E-state index in [2.05, 4.69) is 27.2 Å². The minimum atomic E-state index is -0.792. The maximum Gasteiger partial charge on any atom is 0.335 e. The molecule has 140 valence electrons. The van der Waals surface area contributed by atoms with Crippen molar-refractivity contribution in [2.24, 2.45) is 0 Å². The Labute approximate surface area is 170 Å². The van der Waals surface area contributed by atoms with Crippen LogP contribution in [0.15, 0.2) is 52.5 Å². The molecule has 1 saturated heterocycles. The van der Waals surface area contributed by atoms with E-state index in [1.54, 1.807) is 49.4 Å². The number of terminal acetylenes is 1. The van der Waals surface area contributed by atoms with Crippen LogP contribution in [0.5, 0.6) is 5.75 Å². The highest BCUT2D eigenvalue weighted by atomic mass is 79.9. The molecule has 1 fully saturated rings. The first kappa shape index (κ1) is 19.4. The van der Waals surface area contributed by atoms with Gasteiger partial charge in [-0.25, -0.2) is 9.69 Å². The molecule has 0 unspecified atom stereocenters. The number of hydrogen-bond acceptors (Lipinski definition) is 4. The number of benzene rings is 2. The van der Waals surface area contributed by atoms with Crippen molar-refractivity contribution in [1.29, 1.82) is 0 Å². The molecule has 2 aromatic rings. The Kier molecular flexibility index (Phi) is 5.62. The van der Waals surface area contributed by atoms with Crippen molar-refractivity contribution in [1.82, 2.24) is 5.32 Å². The lowest BCUT2D eigenvalue weighted by atomic mass is 10.1. The summed E-state index contributed by atoms with van der Waals surface area (Å²) in [7, 11) is 0. The summed E-state index contributed by atoms with van der Waals surface area (Å²) in [5, 5.41) is 2.21. The smallest absolute Gasteiger partial charge is 0.335 e. The maximum absolute atomic E-state index is 13.0. The van der Waals surface area contributed by atoms with Crippen LogP contribution >= 0.6 is 15.9 Å². The summed E-state index contributed by atoms with van der Waals surface area (Å²) >= 11 is 3.35. The Morgan fingerprint density at radius 3 is 2.68 bits per heavy atom. The normalized spacial score (nSPS) is 15.4. The lowest BCUT2D eigenvalue weighted by molar-refractivity contribution is -0.122. The number of hydrogen-bond donors (Lipinski definition) is 1. The van der Waals surface area contributed by atoms with Gasteiger partial charge in [-0.15, -0.1) is 6.42 Å². The van der Waals surface area contributed by atoms with Gasteiger partial charge in [0.25, 0.3) is 11.8 Å². The summed E-state index contributed by atoms with van der Waals surface area (Å²) < 4.78 is 6.20. The van der Waals surface area contributed by atoms with E-state index in [1.165, 1.54) is 6.08 Å².